The smallest absolute Gasteiger partial charge is 0.434 e. The molecule has 0 aliphatic rings. The van der Waals surface area contributed by atoms with Gasteiger partial charge in [-0.1, -0.05) is 18.2 Å². The van der Waals surface area contributed by atoms with E-state index >= 15 is 0 Å². The standard InChI is InChI=1S/C24H17F4N5O2/c25-18-13-15(8-9-20(18)35-21-7-4-12-30-19(21)10-11-29)32-23(34)17-14-31-33(22(17)24(26,27)28)16-5-2-1-3-6-16/h1-9,11-14,29H,10H2,(H,32,34). The van der Waals surface area contributed by atoms with Gasteiger partial charge in [-0.25, -0.2) is 9.07 Å². The number of aromatic nitrogens is 3. The van der Waals surface area contributed by atoms with Crippen LogP contribution in [0, 0.1) is 11.2 Å². The molecular formula is C24H17F4N5O2. The second kappa shape index (κ2) is 9.75. The van der Waals surface area contributed by atoms with Crippen LogP contribution in [0.25, 0.3) is 5.69 Å². The van der Waals surface area contributed by atoms with Crippen LogP contribution >= 0.6 is 0 Å². The van der Waals surface area contributed by atoms with Crippen molar-refractivity contribution in [3.63, 3.8) is 0 Å². The van der Waals surface area contributed by atoms with Gasteiger partial charge in [-0.15, -0.1) is 0 Å². The van der Waals surface area contributed by atoms with E-state index in [2.05, 4.69) is 15.4 Å². The molecule has 0 atom stereocenters. The Bertz CT molecular complexity index is 1370. The van der Waals surface area contributed by atoms with E-state index in [1.807, 2.05) is 0 Å². The normalized spacial score (nSPS) is 11.2. The first kappa shape index (κ1) is 23.6. The summed E-state index contributed by atoms with van der Waals surface area (Å²) in [5.41, 5.74) is -1.49. The maximum atomic E-state index is 14.7. The summed E-state index contributed by atoms with van der Waals surface area (Å²) in [6.07, 6.45) is -1.24. The molecule has 7 nitrogen and oxygen atoms in total. The number of carbonyl (C=O) groups is 1. The first-order chi connectivity index (χ1) is 16.8. The lowest BCUT2D eigenvalue weighted by Crippen LogP contribution is -2.20. The molecular weight excluding hydrogens is 466 g/mol. The molecule has 0 spiro atoms. The van der Waals surface area contributed by atoms with E-state index in [0.29, 0.717) is 10.4 Å². The van der Waals surface area contributed by atoms with Crippen LogP contribution in [0.15, 0.2) is 73.1 Å². The monoisotopic (exact) mass is 483 g/mol. The lowest BCUT2D eigenvalue weighted by Gasteiger charge is -2.13. The fourth-order valence-electron chi connectivity index (χ4n) is 3.30. The Morgan fingerprint density at radius 1 is 1.09 bits per heavy atom. The Hall–Kier alpha value is -4.54. The summed E-state index contributed by atoms with van der Waals surface area (Å²) >= 11 is 0. The number of para-hydroxylation sites is 1. The van der Waals surface area contributed by atoms with Crippen molar-refractivity contribution in [1.29, 1.82) is 5.41 Å². The van der Waals surface area contributed by atoms with Gasteiger partial charge in [0.1, 0.15) is 5.75 Å². The molecule has 2 aromatic heterocycles. The van der Waals surface area contributed by atoms with Gasteiger partial charge in [0.05, 0.1) is 23.1 Å². The first-order valence-electron chi connectivity index (χ1n) is 10.2. The van der Waals surface area contributed by atoms with E-state index in [1.165, 1.54) is 30.5 Å². The Balaban J connectivity index is 1.58. The third-order valence-corrected chi connectivity index (χ3v) is 4.84. The van der Waals surface area contributed by atoms with Crippen LogP contribution in [0.2, 0.25) is 0 Å². The largest absolute Gasteiger partial charge is 0.452 e. The van der Waals surface area contributed by atoms with Crippen LogP contribution in [0.3, 0.4) is 0 Å². The minimum absolute atomic E-state index is 0.0775. The summed E-state index contributed by atoms with van der Waals surface area (Å²) in [6.45, 7) is 0. The van der Waals surface area contributed by atoms with Crippen molar-refractivity contribution in [2.45, 2.75) is 12.6 Å². The van der Waals surface area contributed by atoms with Crippen LogP contribution in [0.1, 0.15) is 21.7 Å². The Morgan fingerprint density at radius 2 is 1.86 bits per heavy atom. The lowest BCUT2D eigenvalue weighted by molar-refractivity contribution is -0.143. The number of amides is 1. The van der Waals surface area contributed by atoms with Gasteiger partial charge < -0.3 is 15.5 Å². The molecule has 0 fully saturated rings. The third kappa shape index (κ3) is 5.18. The predicted octanol–water partition coefficient (Wildman–Crippen LogP) is 5.66. The topological polar surface area (TPSA) is 92.9 Å². The molecule has 4 rings (SSSR count). The zero-order valence-corrected chi connectivity index (χ0v) is 17.9. The Kier molecular flexibility index (Phi) is 6.58. The van der Waals surface area contributed by atoms with Crippen molar-refractivity contribution >= 4 is 17.8 Å². The number of halogens is 4. The first-order valence-corrected chi connectivity index (χ1v) is 10.2. The summed E-state index contributed by atoms with van der Waals surface area (Å²) in [6, 6.07) is 14.2. The van der Waals surface area contributed by atoms with Crippen molar-refractivity contribution in [3.05, 3.63) is 95.8 Å². The number of pyridine rings is 1. The number of hydrogen-bond acceptors (Lipinski definition) is 5. The van der Waals surface area contributed by atoms with Crippen molar-refractivity contribution in [1.82, 2.24) is 14.8 Å². The number of benzene rings is 2. The third-order valence-electron chi connectivity index (χ3n) is 4.84. The molecule has 11 heteroatoms. The van der Waals surface area contributed by atoms with E-state index in [-0.39, 0.29) is 29.3 Å². The molecule has 0 aliphatic heterocycles. The maximum Gasteiger partial charge on any atom is 0.434 e. The molecule has 0 saturated carbocycles. The van der Waals surface area contributed by atoms with Gasteiger partial charge in [0.15, 0.2) is 17.3 Å². The number of ether oxygens (including phenoxy) is 1. The number of rotatable bonds is 7. The van der Waals surface area contributed by atoms with Gasteiger partial charge in [0.25, 0.3) is 5.91 Å². The number of nitrogens with one attached hydrogen (secondary N) is 2. The van der Waals surface area contributed by atoms with E-state index in [9.17, 15) is 22.4 Å². The van der Waals surface area contributed by atoms with Crippen molar-refractivity contribution in [2.75, 3.05) is 5.32 Å². The highest BCUT2D eigenvalue weighted by molar-refractivity contribution is 6.05. The number of alkyl halides is 3. The average molecular weight is 483 g/mol. The highest BCUT2D eigenvalue weighted by atomic mass is 19.4. The van der Waals surface area contributed by atoms with Crippen LogP contribution in [-0.4, -0.2) is 26.9 Å². The summed E-state index contributed by atoms with van der Waals surface area (Å²) in [4.78, 5) is 16.8. The van der Waals surface area contributed by atoms with Crippen LogP contribution < -0.4 is 10.1 Å². The SMILES string of the molecule is N=CCc1ncccc1Oc1ccc(NC(=O)c2cnn(-c3ccccc3)c2C(F)(F)F)cc1F. The molecule has 35 heavy (non-hydrogen) atoms. The van der Waals surface area contributed by atoms with Crippen LogP contribution in [0.4, 0.5) is 23.2 Å². The van der Waals surface area contributed by atoms with Gasteiger partial charge >= 0.3 is 6.18 Å². The molecule has 2 aromatic carbocycles. The second-order valence-corrected chi connectivity index (χ2v) is 7.21. The Labute approximate surface area is 196 Å². The van der Waals surface area contributed by atoms with Crippen molar-refractivity contribution in [3.8, 4) is 17.2 Å². The zero-order valence-electron chi connectivity index (χ0n) is 17.9. The van der Waals surface area contributed by atoms with E-state index in [0.717, 1.165) is 18.5 Å². The van der Waals surface area contributed by atoms with E-state index < -0.39 is 29.2 Å². The molecule has 1 amide bonds. The number of nitrogens with zero attached hydrogens (tertiary/aromatic N) is 3. The molecule has 178 valence electrons. The Morgan fingerprint density at radius 3 is 2.54 bits per heavy atom. The van der Waals surface area contributed by atoms with Gasteiger partial charge in [-0.05, 0) is 36.4 Å². The summed E-state index contributed by atoms with van der Waals surface area (Å²) in [5, 5.41) is 13.2. The fourth-order valence-corrected chi connectivity index (χ4v) is 3.30. The molecule has 0 saturated heterocycles. The molecule has 0 radical (unpaired) electrons. The van der Waals surface area contributed by atoms with E-state index in [1.54, 1.807) is 30.3 Å². The molecule has 4 aromatic rings. The number of hydrogen-bond donors (Lipinski definition) is 2. The maximum absolute atomic E-state index is 14.7. The highest BCUT2D eigenvalue weighted by Gasteiger charge is 2.40. The molecule has 2 N–H and O–H groups in total. The zero-order chi connectivity index (χ0) is 25.0. The minimum Gasteiger partial charge on any atom is -0.452 e. The quantitative estimate of drug-likeness (QED) is 0.262. The van der Waals surface area contributed by atoms with Crippen molar-refractivity contribution in [2.24, 2.45) is 0 Å². The predicted molar refractivity (Wildman–Crippen MR) is 120 cm³/mol. The van der Waals surface area contributed by atoms with E-state index in [4.69, 9.17) is 10.1 Å². The van der Waals surface area contributed by atoms with Gasteiger partial charge in [-0.2, -0.15) is 18.3 Å². The second-order valence-electron chi connectivity index (χ2n) is 7.21. The molecule has 0 unspecified atom stereocenters. The molecule has 0 aliphatic carbocycles. The summed E-state index contributed by atoms with van der Waals surface area (Å²) in [7, 11) is 0. The van der Waals surface area contributed by atoms with Crippen molar-refractivity contribution < 1.29 is 27.1 Å². The van der Waals surface area contributed by atoms with Crippen LogP contribution in [0.5, 0.6) is 11.5 Å². The van der Waals surface area contributed by atoms with Gasteiger partial charge in [0.2, 0.25) is 0 Å². The molecule has 0 bridgehead atoms. The fraction of sp³-hybridized carbons (Fsp3) is 0.0833. The van der Waals surface area contributed by atoms with Gasteiger partial charge in [0, 0.05) is 30.6 Å². The lowest BCUT2D eigenvalue weighted by atomic mass is 10.2. The minimum atomic E-state index is -4.88. The number of carbonyl (C=O) groups excluding carboxylic acids is 1. The van der Waals surface area contributed by atoms with Crippen LogP contribution in [-0.2, 0) is 12.6 Å². The number of anilines is 1. The summed E-state index contributed by atoms with van der Waals surface area (Å²) in [5.74, 6) is -1.90. The highest BCUT2D eigenvalue weighted by Crippen LogP contribution is 2.34. The molecule has 2 heterocycles. The van der Waals surface area contributed by atoms with Gasteiger partial charge in [-0.3, -0.25) is 9.78 Å². The average Bonchev–Trinajstić information content (AvgIpc) is 3.29. The summed E-state index contributed by atoms with van der Waals surface area (Å²) < 4.78 is 62.2.